The predicted octanol–water partition coefficient (Wildman–Crippen LogP) is 7.61. The van der Waals surface area contributed by atoms with Crippen LogP contribution in [-0.4, -0.2) is 75.6 Å². The van der Waals surface area contributed by atoms with Gasteiger partial charge in [0.25, 0.3) is 0 Å². The fraction of sp³-hybridized carbons (Fsp3) is 0.650. The van der Waals surface area contributed by atoms with Crippen molar-refractivity contribution in [3.05, 3.63) is 59.3 Å². The van der Waals surface area contributed by atoms with E-state index in [1.807, 2.05) is 6.07 Å². The van der Waals surface area contributed by atoms with Crippen LogP contribution >= 0.6 is 7.82 Å². The molecule has 6 atom stereocenters. The van der Waals surface area contributed by atoms with Crippen molar-refractivity contribution in [1.82, 2.24) is 14.6 Å². The first-order valence-electron chi connectivity index (χ1n) is 19.9. The smallest absolute Gasteiger partial charge is 0.382 e. The molecule has 1 unspecified atom stereocenters. The lowest BCUT2D eigenvalue weighted by Crippen LogP contribution is -2.45. The summed E-state index contributed by atoms with van der Waals surface area (Å²) in [7, 11) is -4.85. The van der Waals surface area contributed by atoms with Crippen molar-refractivity contribution >= 4 is 19.2 Å². The largest absolute Gasteiger partial charge is 0.472 e. The second-order valence-electron chi connectivity index (χ2n) is 15.1. The van der Waals surface area contributed by atoms with Gasteiger partial charge in [-0.2, -0.15) is 15.6 Å². The number of hydrogen-bond acceptors (Lipinski definition) is 13. The minimum absolute atomic E-state index is 0.00773. The van der Waals surface area contributed by atoms with E-state index in [2.05, 4.69) is 23.1 Å². The third kappa shape index (κ3) is 12.2. The number of phosphoric ester groups is 1. The number of phosphoric acid groups is 1. The zero-order valence-corrected chi connectivity index (χ0v) is 34.0. The number of halogens is 1. The van der Waals surface area contributed by atoms with Crippen molar-refractivity contribution < 1.29 is 46.6 Å². The Morgan fingerprint density at radius 1 is 0.982 bits per heavy atom. The molecule has 3 aromatic rings. The first-order chi connectivity index (χ1) is 27.4. The van der Waals surface area contributed by atoms with Crippen LogP contribution < -0.4 is 5.73 Å². The molecule has 2 saturated heterocycles. The summed E-state index contributed by atoms with van der Waals surface area (Å²) in [5.41, 5.74) is 5.50. The van der Waals surface area contributed by atoms with Crippen LogP contribution in [0.15, 0.2) is 36.7 Å². The number of nitrogen functional groups attached to an aromatic ring is 1. The van der Waals surface area contributed by atoms with Gasteiger partial charge >= 0.3 is 7.82 Å². The van der Waals surface area contributed by atoms with Gasteiger partial charge in [-0.3, -0.25) is 9.05 Å². The van der Waals surface area contributed by atoms with Gasteiger partial charge in [-0.25, -0.2) is 18.5 Å². The normalized spacial score (nSPS) is 22.9. The van der Waals surface area contributed by atoms with Gasteiger partial charge in [0, 0.05) is 12.2 Å². The molecule has 2 fully saturated rings. The van der Waals surface area contributed by atoms with Crippen molar-refractivity contribution in [2.45, 2.75) is 140 Å². The molecule has 5 rings (SSSR count). The molecule has 2 aliphatic rings. The molecule has 0 radical (unpaired) electrons. The average molecular weight is 815 g/mol. The van der Waals surface area contributed by atoms with Crippen LogP contribution in [-0.2, 0) is 43.9 Å². The van der Waals surface area contributed by atoms with E-state index in [0.717, 1.165) is 25.3 Å². The molecule has 0 bridgehead atoms. The maximum Gasteiger partial charge on any atom is 0.472 e. The second kappa shape index (κ2) is 20.9. The Bertz CT molecular complexity index is 1890. The molecular weight excluding hydrogens is 758 g/mol. The quantitative estimate of drug-likeness (QED) is 0.0624. The van der Waals surface area contributed by atoms with Crippen molar-refractivity contribution in [3.63, 3.8) is 0 Å². The van der Waals surface area contributed by atoms with E-state index in [0.29, 0.717) is 17.8 Å². The van der Waals surface area contributed by atoms with Crippen LogP contribution in [0.25, 0.3) is 5.52 Å². The third-order valence-corrected chi connectivity index (χ3v) is 11.1. The van der Waals surface area contributed by atoms with E-state index < -0.39 is 62.7 Å². The van der Waals surface area contributed by atoms with Gasteiger partial charge in [-0.1, -0.05) is 83.6 Å². The lowest BCUT2D eigenvalue weighted by atomic mass is 9.96. The molecule has 0 saturated carbocycles. The molecule has 57 heavy (non-hydrogen) atoms. The minimum atomic E-state index is -4.85. The Hall–Kier alpha value is -3.54. The standard InChI is InChI=1S/C40H56FN6O9P/c1-4-5-6-7-8-9-10-11-12-13-14-15-20-50-24-31(51-23-30-17-16-29(22-42)21-32(30)41)25-52-57(48,49)53-27-40(26-43)37-36(54-39(2,3)56-37)35(55-40)33-18-19-34-38(44)45-28-46-47(33)34/h16-19,21,28,31,35-37H,4-15,20,23-25,27H2,1-3H3,(H,48,49)(H2,44,45,46)/t31-,35+,36+,37+,40-/m1/s1. The number of rotatable bonds is 25. The molecule has 0 spiro atoms. The van der Waals surface area contributed by atoms with Gasteiger partial charge in [0.15, 0.2) is 11.6 Å². The summed E-state index contributed by atoms with van der Waals surface area (Å²) < 4.78 is 70.6. The molecule has 17 heteroatoms. The Balaban J connectivity index is 1.15. The van der Waals surface area contributed by atoms with Gasteiger partial charge < -0.3 is 34.3 Å². The average Bonchev–Trinajstić information content (AvgIpc) is 3.85. The highest BCUT2D eigenvalue weighted by Gasteiger charge is 2.65. The van der Waals surface area contributed by atoms with Crippen LogP contribution in [0.3, 0.4) is 0 Å². The Labute approximate surface area is 334 Å². The van der Waals surface area contributed by atoms with Crippen molar-refractivity contribution in [3.8, 4) is 12.1 Å². The fourth-order valence-corrected chi connectivity index (χ4v) is 7.91. The van der Waals surface area contributed by atoms with Gasteiger partial charge in [-0.05, 0) is 44.5 Å². The summed E-state index contributed by atoms with van der Waals surface area (Å²) in [5, 5.41) is 23.8. The number of ether oxygens (including phenoxy) is 5. The highest BCUT2D eigenvalue weighted by molar-refractivity contribution is 7.47. The highest BCUT2D eigenvalue weighted by atomic mass is 31.2. The van der Waals surface area contributed by atoms with Gasteiger partial charge in [0.2, 0.25) is 5.60 Å². The third-order valence-electron chi connectivity index (χ3n) is 10.2. The summed E-state index contributed by atoms with van der Waals surface area (Å²) in [6.45, 7) is 4.65. The number of unbranched alkanes of at least 4 members (excludes halogenated alkanes) is 11. The Kier molecular flexibility index (Phi) is 16.4. The van der Waals surface area contributed by atoms with Crippen molar-refractivity contribution in [2.24, 2.45) is 0 Å². The number of fused-ring (bicyclic) bond motifs is 2. The van der Waals surface area contributed by atoms with Crippen LogP contribution in [0.1, 0.15) is 121 Å². The van der Waals surface area contributed by atoms with E-state index in [1.54, 1.807) is 26.0 Å². The molecule has 312 valence electrons. The second-order valence-corrected chi connectivity index (χ2v) is 16.6. The summed E-state index contributed by atoms with van der Waals surface area (Å²) in [5.74, 6) is -1.50. The van der Waals surface area contributed by atoms with Crippen LogP contribution in [0, 0.1) is 28.5 Å². The molecule has 0 amide bonds. The monoisotopic (exact) mass is 814 g/mol. The number of aromatic nitrogens is 3. The Morgan fingerprint density at radius 2 is 1.68 bits per heavy atom. The molecule has 2 aliphatic heterocycles. The van der Waals surface area contributed by atoms with Crippen LogP contribution in [0.5, 0.6) is 0 Å². The first kappa shape index (κ1) is 44.6. The molecule has 3 N–H and O–H groups in total. The summed E-state index contributed by atoms with van der Waals surface area (Å²) in [6, 6.07) is 11.4. The SMILES string of the molecule is CCCCCCCCCCCCCCOC[C@H](COP(=O)(O)OC[C@@]1(C#N)O[C@@H](c2ccc3c(N)ncnn23)[C@@H]2OC(C)(C)O[C@@H]21)OCc1ccc(C#N)cc1F. The molecule has 1 aromatic carbocycles. The van der Waals surface area contributed by atoms with Crippen LogP contribution in [0.4, 0.5) is 10.2 Å². The molecule has 2 aromatic heterocycles. The summed E-state index contributed by atoms with van der Waals surface area (Å²) >= 11 is 0. The van der Waals surface area contributed by atoms with Crippen LogP contribution in [0.2, 0.25) is 0 Å². The summed E-state index contributed by atoms with van der Waals surface area (Å²) in [4.78, 5) is 14.8. The number of benzene rings is 1. The van der Waals surface area contributed by atoms with Gasteiger partial charge in [0.05, 0.1) is 37.1 Å². The van der Waals surface area contributed by atoms with Crippen molar-refractivity contribution in [2.75, 3.05) is 32.2 Å². The maximum atomic E-state index is 14.7. The lowest BCUT2D eigenvalue weighted by molar-refractivity contribution is -0.204. The Morgan fingerprint density at radius 3 is 2.35 bits per heavy atom. The number of nitrogens with two attached hydrogens (primary N) is 1. The van der Waals surface area contributed by atoms with Gasteiger partial charge in [0.1, 0.15) is 54.8 Å². The highest BCUT2D eigenvalue weighted by Crippen LogP contribution is 2.52. The zero-order chi connectivity index (χ0) is 40.9. The number of anilines is 1. The topological polar surface area (TPSA) is 206 Å². The molecule has 0 aliphatic carbocycles. The first-order valence-corrected chi connectivity index (χ1v) is 21.4. The van der Waals surface area contributed by atoms with Gasteiger partial charge in [-0.15, -0.1) is 0 Å². The van der Waals surface area contributed by atoms with E-state index in [-0.39, 0.29) is 30.2 Å². The minimum Gasteiger partial charge on any atom is -0.382 e. The number of nitriles is 2. The molecule has 15 nitrogen and oxygen atoms in total. The van der Waals surface area contributed by atoms with E-state index in [9.17, 15) is 19.1 Å². The predicted molar refractivity (Wildman–Crippen MR) is 207 cm³/mol. The molecular formula is C40H56FN6O9P. The van der Waals surface area contributed by atoms with E-state index >= 15 is 0 Å². The number of nitrogens with zero attached hydrogens (tertiary/aromatic N) is 5. The summed E-state index contributed by atoms with van der Waals surface area (Å²) in [6.07, 6.45) is 12.1. The lowest BCUT2D eigenvalue weighted by Gasteiger charge is -2.29. The zero-order valence-electron chi connectivity index (χ0n) is 33.1. The van der Waals surface area contributed by atoms with E-state index in [1.165, 1.54) is 80.8 Å². The maximum absolute atomic E-state index is 14.7. The van der Waals surface area contributed by atoms with E-state index in [4.69, 9.17) is 43.7 Å². The van der Waals surface area contributed by atoms with Crippen molar-refractivity contribution in [1.29, 1.82) is 10.5 Å². The molecule has 4 heterocycles. The fourth-order valence-electron chi connectivity index (χ4n) is 7.13. The number of hydrogen-bond donors (Lipinski definition) is 2.